The van der Waals surface area contributed by atoms with Crippen molar-refractivity contribution >= 4 is 29.4 Å². The molecule has 10 nitrogen and oxygen atoms in total. The number of amidine groups is 1. The second-order valence-corrected chi connectivity index (χ2v) is 11.4. The van der Waals surface area contributed by atoms with E-state index in [1.807, 2.05) is 0 Å². The zero-order valence-corrected chi connectivity index (χ0v) is 23.2. The van der Waals surface area contributed by atoms with E-state index in [4.69, 9.17) is 15.6 Å². The Bertz CT molecular complexity index is 1410. The zero-order chi connectivity index (χ0) is 29.4. The van der Waals surface area contributed by atoms with E-state index in [-0.39, 0.29) is 35.5 Å². The van der Waals surface area contributed by atoms with Gasteiger partial charge in [0, 0.05) is 29.8 Å². The van der Waals surface area contributed by atoms with Crippen LogP contribution in [-0.4, -0.2) is 62.6 Å². The van der Waals surface area contributed by atoms with Crippen LogP contribution in [0, 0.1) is 17.7 Å². The number of hydrogen-bond donors (Lipinski definition) is 3. The van der Waals surface area contributed by atoms with Gasteiger partial charge in [-0.15, -0.1) is 5.10 Å². The Morgan fingerprint density at radius 3 is 2.42 bits per heavy atom. The predicted octanol–water partition coefficient (Wildman–Crippen LogP) is 3.89. The van der Waals surface area contributed by atoms with Crippen molar-refractivity contribution in [2.24, 2.45) is 11.1 Å². The molecule has 1 fully saturated rings. The summed E-state index contributed by atoms with van der Waals surface area (Å²) >= 11 is 1.10. The number of rotatable bonds is 6. The Morgan fingerprint density at radius 2 is 1.88 bits per heavy atom. The van der Waals surface area contributed by atoms with Crippen LogP contribution >= 0.6 is 11.8 Å². The number of aromatic nitrogens is 3. The fraction of sp³-hybridized carbons (Fsp3) is 0.423. The minimum absolute atomic E-state index is 0.0156. The molecule has 14 heteroatoms. The van der Waals surface area contributed by atoms with Gasteiger partial charge in [-0.1, -0.05) is 56.8 Å². The highest BCUT2D eigenvalue weighted by Crippen LogP contribution is 2.38. The van der Waals surface area contributed by atoms with Crippen molar-refractivity contribution in [2.75, 3.05) is 13.1 Å². The fourth-order valence-electron chi connectivity index (χ4n) is 4.28. The van der Waals surface area contributed by atoms with Crippen LogP contribution in [0.5, 0.6) is 0 Å². The first-order chi connectivity index (χ1) is 18.7. The molecule has 0 aliphatic carbocycles. The summed E-state index contributed by atoms with van der Waals surface area (Å²) in [7, 11) is 0. The first kappa shape index (κ1) is 29.3. The molecule has 40 heavy (non-hydrogen) atoms. The molecule has 1 aliphatic rings. The number of benzene rings is 1. The van der Waals surface area contributed by atoms with Crippen molar-refractivity contribution in [3.8, 4) is 0 Å². The number of alkyl halides is 3. The van der Waals surface area contributed by atoms with E-state index in [1.54, 1.807) is 52.0 Å². The normalized spacial score (nSPS) is 18.1. The molecule has 214 valence electrons. The van der Waals surface area contributed by atoms with Crippen molar-refractivity contribution < 1.29 is 27.2 Å². The summed E-state index contributed by atoms with van der Waals surface area (Å²) in [5, 5.41) is 14.3. The summed E-state index contributed by atoms with van der Waals surface area (Å²) in [4.78, 5) is 32.2. The van der Waals surface area contributed by atoms with E-state index in [2.05, 4.69) is 15.4 Å². The van der Waals surface area contributed by atoms with Crippen LogP contribution in [0.25, 0.3) is 0 Å². The highest BCUT2D eigenvalue weighted by atomic mass is 32.2. The van der Waals surface area contributed by atoms with Crippen LogP contribution in [0.1, 0.15) is 59.9 Å². The molecule has 2 atom stereocenters. The highest BCUT2D eigenvalue weighted by molar-refractivity contribution is 7.98. The van der Waals surface area contributed by atoms with Gasteiger partial charge in [0.2, 0.25) is 5.91 Å². The quantitative estimate of drug-likeness (QED) is 0.228. The maximum atomic E-state index is 14.2. The van der Waals surface area contributed by atoms with Gasteiger partial charge in [0.15, 0.2) is 11.0 Å². The molecule has 0 radical (unpaired) electrons. The SMILES string of the molecule is Cc1cc(C(=O)n2nc(C3C(C(F)(F)F)NCCN3C(=O)C(C)(C)C)nc2SCc2ccc(C(=N)N)cc2)co1. The molecule has 1 aromatic carbocycles. The van der Waals surface area contributed by atoms with Gasteiger partial charge >= 0.3 is 6.18 Å². The lowest BCUT2D eigenvalue weighted by Crippen LogP contribution is -2.61. The molecular weight excluding hydrogens is 547 g/mol. The number of aryl methyl sites for hydroxylation is 1. The zero-order valence-electron chi connectivity index (χ0n) is 22.4. The number of nitrogens with one attached hydrogen (secondary N) is 2. The monoisotopic (exact) mass is 577 g/mol. The second-order valence-electron chi connectivity index (χ2n) is 10.5. The molecule has 1 aliphatic heterocycles. The molecule has 0 bridgehead atoms. The van der Waals surface area contributed by atoms with E-state index in [0.717, 1.165) is 26.9 Å². The number of carbonyl (C=O) groups is 2. The van der Waals surface area contributed by atoms with Crippen LogP contribution in [0.15, 0.2) is 46.2 Å². The number of nitrogens with two attached hydrogens (primary N) is 1. The summed E-state index contributed by atoms with van der Waals surface area (Å²) < 4.78 is 48.9. The van der Waals surface area contributed by atoms with E-state index < -0.39 is 35.5 Å². The van der Waals surface area contributed by atoms with Crippen molar-refractivity contribution in [1.29, 1.82) is 5.41 Å². The average molecular weight is 578 g/mol. The Balaban J connectivity index is 1.77. The van der Waals surface area contributed by atoms with Gasteiger partial charge in [0.1, 0.15) is 29.9 Å². The smallest absolute Gasteiger partial charge is 0.406 e. The van der Waals surface area contributed by atoms with Crippen LogP contribution in [0.2, 0.25) is 0 Å². The first-order valence-electron chi connectivity index (χ1n) is 12.4. The highest BCUT2D eigenvalue weighted by Gasteiger charge is 2.53. The standard InChI is InChI=1S/C26H30F3N7O3S/c1-14-11-17(12-39-14)22(37)36-24(40-13-15-5-7-16(8-6-15)20(30)31)33-21(34-36)18-19(26(27,28)29)32-9-10-35(18)23(38)25(2,3)4/h5-8,11-12,18-19,32H,9-10,13H2,1-4H3,(H3,30,31). The van der Waals surface area contributed by atoms with E-state index in [9.17, 15) is 22.8 Å². The number of nitrogen functional groups attached to an aromatic ring is 1. The summed E-state index contributed by atoms with van der Waals surface area (Å²) in [5.74, 6) is -0.731. The van der Waals surface area contributed by atoms with Crippen LogP contribution in [0.4, 0.5) is 13.2 Å². The van der Waals surface area contributed by atoms with Crippen LogP contribution in [0.3, 0.4) is 0 Å². The lowest BCUT2D eigenvalue weighted by atomic mass is 9.91. The van der Waals surface area contributed by atoms with Gasteiger partial charge in [-0.2, -0.15) is 17.9 Å². The molecule has 4 N–H and O–H groups in total. The van der Waals surface area contributed by atoms with Crippen molar-refractivity contribution in [2.45, 2.75) is 56.9 Å². The van der Waals surface area contributed by atoms with Gasteiger partial charge in [0.25, 0.3) is 5.91 Å². The number of thioether (sulfide) groups is 1. The third kappa shape index (κ3) is 6.22. The average Bonchev–Trinajstić information content (AvgIpc) is 3.51. The summed E-state index contributed by atoms with van der Waals surface area (Å²) in [6.07, 6.45) is -3.48. The predicted molar refractivity (Wildman–Crippen MR) is 142 cm³/mol. The third-order valence-corrected chi connectivity index (χ3v) is 7.28. The first-order valence-corrected chi connectivity index (χ1v) is 13.4. The van der Waals surface area contributed by atoms with Gasteiger partial charge < -0.3 is 20.4 Å². The number of hydrogen-bond acceptors (Lipinski definition) is 8. The van der Waals surface area contributed by atoms with Crippen LogP contribution < -0.4 is 11.1 Å². The molecule has 1 saturated heterocycles. The minimum Gasteiger partial charge on any atom is -0.469 e. The van der Waals surface area contributed by atoms with Crippen LogP contribution in [-0.2, 0) is 10.5 Å². The molecule has 0 spiro atoms. The number of amides is 1. The number of carbonyl (C=O) groups excluding carboxylic acids is 2. The number of piperazine rings is 1. The number of furan rings is 1. The molecule has 1 amide bonds. The largest absolute Gasteiger partial charge is 0.469 e. The van der Waals surface area contributed by atoms with Crippen molar-refractivity contribution in [3.05, 3.63) is 64.9 Å². The van der Waals surface area contributed by atoms with Crippen molar-refractivity contribution in [1.82, 2.24) is 25.0 Å². The Kier molecular flexibility index (Phi) is 8.13. The fourth-order valence-corrected chi connectivity index (χ4v) is 5.18. The summed E-state index contributed by atoms with van der Waals surface area (Å²) in [6, 6.07) is 4.62. The van der Waals surface area contributed by atoms with Gasteiger partial charge in [-0.25, -0.2) is 4.98 Å². The van der Waals surface area contributed by atoms with Crippen molar-refractivity contribution in [3.63, 3.8) is 0 Å². The van der Waals surface area contributed by atoms with E-state index >= 15 is 0 Å². The molecule has 0 saturated carbocycles. The van der Waals surface area contributed by atoms with Gasteiger partial charge in [0.05, 0.1) is 5.56 Å². The number of halogens is 3. The Labute approximate surface area is 233 Å². The molecule has 3 heterocycles. The van der Waals surface area contributed by atoms with Gasteiger partial charge in [-0.05, 0) is 18.6 Å². The maximum absolute atomic E-state index is 14.2. The maximum Gasteiger partial charge on any atom is 0.406 e. The lowest BCUT2D eigenvalue weighted by molar-refractivity contribution is -0.184. The molecule has 4 rings (SSSR count). The third-order valence-electron chi connectivity index (χ3n) is 6.28. The lowest BCUT2D eigenvalue weighted by Gasteiger charge is -2.43. The summed E-state index contributed by atoms with van der Waals surface area (Å²) in [5.41, 5.74) is 6.05. The Morgan fingerprint density at radius 1 is 1.20 bits per heavy atom. The minimum atomic E-state index is -4.72. The number of nitrogens with zero attached hydrogens (tertiary/aromatic N) is 4. The van der Waals surface area contributed by atoms with E-state index in [1.165, 1.54) is 12.3 Å². The van der Waals surface area contributed by atoms with Gasteiger partial charge in [-0.3, -0.25) is 15.0 Å². The molecule has 2 aromatic heterocycles. The topological polar surface area (TPSA) is 143 Å². The van der Waals surface area contributed by atoms with E-state index in [0.29, 0.717) is 17.1 Å². The second kappa shape index (κ2) is 11.1. The summed E-state index contributed by atoms with van der Waals surface area (Å²) in [6.45, 7) is 6.50. The molecular formula is C26H30F3N7O3S. The molecule has 2 unspecified atom stereocenters. The Hall–Kier alpha value is -3.65. The molecule has 3 aromatic rings.